The van der Waals surface area contributed by atoms with Gasteiger partial charge in [-0.05, 0) is 30.0 Å². The number of nitrogens with one attached hydrogen (secondary N) is 1. The summed E-state index contributed by atoms with van der Waals surface area (Å²) in [4.78, 5) is 16.3. The molecule has 0 aliphatic heterocycles. The number of carbonyl (C=O) groups excluding carboxylic acids is 1. The van der Waals surface area contributed by atoms with Crippen LogP contribution in [0.5, 0.6) is 0 Å². The summed E-state index contributed by atoms with van der Waals surface area (Å²) < 4.78 is 0. The van der Waals surface area contributed by atoms with Gasteiger partial charge in [0.15, 0.2) is 5.13 Å². The number of aromatic nitrogens is 1. The molecule has 0 atom stereocenters. The molecule has 2 aromatic rings. The third-order valence-electron chi connectivity index (χ3n) is 2.85. The number of aryl methyl sites for hydroxylation is 1. The van der Waals surface area contributed by atoms with Gasteiger partial charge in [0.05, 0.1) is 5.69 Å². The first-order valence-corrected chi connectivity index (χ1v) is 7.08. The van der Waals surface area contributed by atoms with Crippen LogP contribution >= 0.6 is 11.3 Å². The van der Waals surface area contributed by atoms with E-state index in [4.69, 9.17) is 0 Å². The molecule has 1 heterocycles. The maximum atomic E-state index is 12.0. The third-order valence-corrected chi connectivity index (χ3v) is 3.73. The molecule has 1 amide bonds. The molecule has 2 rings (SSSR count). The van der Waals surface area contributed by atoms with Crippen molar-refractivity contribution in [3.63, 3.8) is 0 Å². The molecule has 0 aliphatic carbocycles. The van der Waals surface area contributed by atoms with Crippen LogP contribution in [-0.4, -0.2) is 10.9 Å². The van der Waals surface area contributed by atoms with Crippen molar-refractivity contribution in [1.82, 2.24) is 4.98 Å². The second-order valence-corrected chi connectivity index (χ2v) is 6.43. The summed E-state index contributed by atoms with van der Waals surface area (Å²) in [6, 6.07) is 7.72. The number of carbonyl (C=O) groups is 1. The minimum Gasteiger partial charge on any atom is -0.298 e. The molecule has 0 saturated carbocycles. The van der Waals surface area contributed by atoms with Gasteiger partial charge >= 0.3 is 0 Å². The average Bonchev–Trinajstić information content (AvgIpc) is 2.74. The quantitative estimate of drug-likeness (QED) is 0.899. The van der Waals surface area contributed by atoms with E-state index in [1.165, 1.54) is 16.9 Å². The van der Waals surface area contributed by atoms with Gasteiger partial charge in [-0.3, -0.25) is 10.1 Å². The molecule has 1 aromatic heterocycles. The Balaban J connectivity index is 2.12. The summed E-state index contributed by atoms with van der Waals surface area (Å²) in [5, 5.41) is 5.36. The second-order valence-electron chi connectivity index (χ2n) is 5.58. The molecule has 0 aliphatic rings. The number of anilines is 1. The minimum absolute atomic E-state index is 0.0986. The average molecular weight is 274 g/mol. The largest absolute Gasteiger partial charge is 0.298 e. The first-order valence-electron chi connectivity index (χ1n) is 6.20. The lowest BCUT2D eigenvalue weighted by molar-refractivity contribution is 0.102. The molecule has 4 heteroatoms. The Morgan fingerprint density at radius 3 is 2.32 bits per heavy atom. The lowest BCUT2D eigenvalue weighted by Crippen LogP contribution is -2.14. The number of hydrogen-bond donors (Lipinski definition) is 1. The van der Waals surface area contributed by atoms with Gasteiger partial charge in [-0.2, -0.15) is 0 Å². The highest BCUT2D eigenvalue weighted by molar-refractivity contribution is 7.13. The second kappa shape index (κ2) is 5.13. The predicted molar refractivity (Wildman–Crippen MR) is 79.9 cm³/mol. The highest BCUT2D eigenvalue weighted by Crippen LogP contribution is 2.22. The van der Waals surface area contributed by atoms with Crippen molar-refractivity contribution >= 4 is 22.4 Å². The zero-order valence-corrected chi connectivity index (χ0v) is 12.5. The Morgan fingerprint density at radius 2 is 1.84 bits per heavy atom. The van der Waals surface area contributed by atoms with Crippen LogP contribution in [0.25, 0.3) is 0 Å². The van der Waals surface area contributed by atoms with Gasteiger partial charge in [0.25, 0.3) is 5.91 Å². The normalized spacial score (nSPS) is 11.4. The van der Waals surface area contributed by atoms with Gasteiger partial charge < -0.3 is 0 Å². The Labute approximate surface area is 117 Å². The molecule has 0 fully saturated rings. The fourth-order valence-corrected chi connectivity index (χ4v) is 2.39. The molecular formula is C15H18N2OS. The molecule has 1 N–H and O–H groups in total. The molecule has 0 bridgehead atoms. The van der Waals surface area contributed by atoms with Crippen LogP contribution in [0.1, 0.15) is 42.4 Å². The zero-order chi connectivity index (χ0) is 14.0. The Morgan fingerprint density at radius 1 is 1.21 bits per heavy atom. The summed E-state index contributed by atoms with van der Waals surface area (Å²) in [7, 11) is 0. The monoisotopic (exact) mass is 274 g/mol. The van der Waals surface area contributed by atoms with Gasteiger partial charge in [0.1, 0.15) is 0 Å². The van der Waals surface area contributed by atoms with Gasteiger partial charge in [0.2, 0.25) is 0 Å². The zero-order valence-electron chi connectivity index (χ0n) is 11.7. The topological polar surface area (TPSA) is 42.0 Å². The smallest absolute Gasteiger partial charge is 0.257 e. The van der Waals surface area contributed by atoms with E-state index in [1.54, 1.807) is 0 Å². The van der Waals surface area contributed by atoms with E-state index in [2.05, 4.69) is 31.1 Å². The van der Waals surface area contributed by atoms with E-state index in [1.807, 2.05) is 36.6 Å². The van der Waals surface area contributed by atoms with Crippen molar-refractivity contribution in [2.24, 2.45) is 0 Å². The molecule has 19 heavy (non-hydrogen) atoms. The number of hydrogen-bond acceptors (Lipinski definition) is 3. The van der Waals surface area contributed by atoms with E-state index < -0.39 is 0 Å². The number of thiazole rings is 1. The van der Waals surface area contributed by atoms with Crippen molar-refractivity contribution in [3.8, 4) is 0 Å². The maximum Gasteiger partial charge on any atom is 0.257 e. The van der Waals surface area contributed by atoms with Crippen molar-refractivity contribution in [2.75, 3.05) is 5.32 Å². The molecule has 0 saturated heterocycles. The van der Waals surface area contributed by atoms with Crippen molar-refractivity contribution < 1.29 is 4.79 Å². The van der Waals surface area contributed by atoms with Gasteiger partial charge in [-0.15, -0.1) is 11.3 Å². The summed E-state index contributed by atoms with van der Waals surface area (Å²) in [6.45, 7) is 8.37. The molecular weight excluding hydrogens is 256 g/mol. The van der Waals surface area contributed by atoms with Crippen molar-refractivity contribution in [1.29, 1.82) is 0 Å². The summed E-state index contributed by atoms with van der Waals surface area (Å²) in [5.41, 5.74) is 2.89. The van der Waals surface area contributed by atoms with Crippen LogP contribution < -0.4 is 5.32 Å². The highest BCUT2D eigenvalue weighted by Gasteiger charge is 2.14. The van der Waals surface area contributed by atoms with E-state index in [9.17, 15) is 4.79 Å². The molecule has 1 aromatic carbocycles. The van der Waals surface area contributed by atoms with Crippen LogP contribution in [0.4, 0.5) is 5.13 Å². The maximum absolute atomic E-state index is 12.0. The predicted octanol–water partition coefficient (Wildman–Crippen LogP) is 4.00. The first kappa shape index (κ1) is 13.7. The lowest BCUT2D eigenvalue weighted by Gasteiger charge is -2.18. The lowest BCUT2D eigenvalue weighted by atomic mass is 9.87. The van der Waals surface area contributed by atoms with Crippen LogP contribution in [0.15, 0.2) is 29.6 Å². The molecule has 100 valence electrons. The number of nitrogens with zero attached hydrogens (tertiary/aromatic N) is 1. The fourth-order valence-electron chi connectivity index (χ4n) is 1.70. The highest BCUT2D eigenvalue weighted by atomic mass is 32.1. The van der Waals surface area contributed by atoms with E-state index in [0.717, 1.165) is 5.69 Å². The van der Waals surface area contributed by atoms with Crippen molar-refractivity contribution in [3.05, 3.63) is 46.5 Å². The minimum atomic E-state index is -0.116. The molecule has 0 unspecified atom stereocenters. The van der Waals surface area contributed by atoms with Crippen LogP contribution in [0.3, 0.4) is 0 Å². The van der Waals surface area contributed by atoms with E-state index in [0.29, 0.717) is 10.7 Å². The van der Waals surface area contributed by atoms with E-state index in [-0.39, 0.29) is 11.3 Å². The van der Waals surface area contributed by atoms with Gasteiger partial charge in [-0.25, -0.2) is 4.98 Å². The van der Waals surface area contributed by atoms with Crippen LogP contribution in [-0.2, 0) is 5.41 Å². The Bertz CT molecular complexity index is 579. The van der Waals surface area contributed by atoms with Crippen molar-refractivity contribution in [2.45, 2.75) is 33.1 Å². The Hall–Kier alpha value is -1.68. The third kappa shape index (κ3) is 3.41. The summed E-state index contributed by atoms with van der Waals surface area (Å²) >= 11 is 1.44. The number of amides is 1. The summed E-state index contributed by atoms with van der Waals surface area (Å²) in [5.74, 6) is -0.116. The van der Waals surface area contributed by atoms with E-state index >= 15 is 0 Å². The molecule has 3 nitrogen and oxygen atoms in total. The molecule has 0 spiro atoms. The summed E-state index contributed by atoms with van der Waals surface area (Å²) in [6.07, 6.45) is 0. The number of benzene rings is 1. The number of rotatable bonds is 2. The van der Waals surface area contributed by atoms with Crippen LogP contribution in [0, 0.1) is 6.92 Å². The Kier molecular flexibility index (Phi) is 3.71. The molecule has 0 radical (unpaired) electrons. The SMILES string of the molecule is Cc1csc(NC(=O)c2ccc(C(C)(C)C)cc2)n1. The van der Waals surface area contributed by atoms with Gasteiger partial charge in [-0.1, -0.05) is 32.9 Å². The van der Waals surface area contributed by atoms with Crippen LogP contribution in [0.2, 0.25) is 0 Å². The fraction of sp³-hybridized carbons (Fsp3) is 0.333. The first-order chi connectivity index (χ1) is 8.86. The standard InChI is InChI=1S/C15H18N2OS/c1-10-9-19-14(16-10)17-13(18)11-5-7-12(8-6-11)15(2,3)4/h5-9H,1-4H3,(H,16,17,18). The van der Waals surface area contributed by atoms with Gasteiger partial charge in [0, 0.05) is 10.9 Å².